The molecule has 194 valence electrons. The number of hydrogen-bond donors (Lipinski definition) is 4. The van der Waals surface area contributed by atoms with Gasteiger partial charge in [-0.25, -0.2) is 0 Å². The predicted molar refractivity (Wildman–Crippen MR) is 130 cm³/mol. The number of nitrogens with one attached hydrogen (secondary N) is 2. The summed E-state index contributed by atoms with van der Waals surface area (Å²) < 4.78 is 38.8. The van der Waals surface area contributed by atoms with Crippen molar-refractivity contribution >= 4 is 17.7 Å². The molecule has 0 saturated carbocycles. The number of unbranched alkanes of at least 4 members (excludes halogenated alkanes) is 2. The molecule has 6 N–H and O–H groups in total. The van der Waals surface area contributed by atoms with Crippen molar-refractivity contribution in [2.24, 2.45) is 11.5 Å². The van der Waals surface area contributed by atoms with Gasteiger partial charge in [0, 0.05) is 13.0 Å². The molecular weight excluding hydrogens is 473 g/mol. The Morgan fingerprint density at radius 3 is 2.03 bits per heavy atom. The minimum Gasteiger partial charge on any atom is -0.370 e. The average Bonchev–Trinajstić information content (AvgIpc) is 3.13. The Bertz CT molecular complexity index is 1060. The monoisotopic (exact) mass is 504 g/mol. The molecule has 0 spiro atoms. The van der Waals surface area contributed by atoms with Gasteiger partial charge >= 0.3 is 6.18 Å². The van der Waals surface area contributed by atoms with Crippen LogP contribution in [0.3, 0.4) is 0 Å². The van der Waals surface area contributed by atoms with Crippen molar-refractivity contribution in [1.82, 2.24) is 10.6 Å². The topological polar surface area (TPSA) is 127 Å². The number of rotatable bonds is 12. The number of hydrogen-bond acceptors (Lipinski definition) is 4. The summed E-state index contributed by atoms with van der Waals surface area (Å²) in [7, 11) is 0. The molecule has 1 aliphatic rings. The average molecular weight is 505 g/mol. The molecule has 1 atom stereocenters. The maximum Gasteiger partial charge on any atom is 0.405 e. The van der Waals surface area contributed by atoms with Gasteiger partial charge in [-0.1, -0.05) is 61.4 Å². The lowest BCUT2D eigenvalue weighted by atomic mass is 9.73. The van der Waals surface area contributed by atoms with Crippen LogP contribution >= 0.6 is 0 Å². The Morgan fingerprint density at radius 2 is 1.47 bits per heavy atom. The maximum absolute atomic E-state index is 13.4. The lowest BCUT2D eigenvalue weighted by Crippen LogP contribution is -2.47. The van der Waals surface area contributed by atoms with Gasteiger partial charge in [-0.3, -0.25) is 14.4 Å². The molecule has 10 heteroatoms. The molecule has 36 heavy (non-hydrogen) atoms. The second-order valence-electron chi connectivity index (χ2n) is 9.01. The van der Waals surface area contributed by atoms with E-state index in [4.69, 9.17) is 11.5 Å². The van der Waals surface area contributed by atoms with E-state index in [1.165, 1.54) is 0 Å². The summed E-state index contributed by atoms with van der Waals surface area (Å²) >= 11 is 0. The van der Waals surface area contributed by atoms with E-state index < -0.39 is 36.0 Å². The zero-order valence-electron chi connectivity index (χ0n) is 19.9. The summed E-state index contributed by atoms with van der Waals surface area (Å²) in [5.74, 6) is -1.58. The van der Waals surface area contributed by atoms with E-state index in [2.05, 4.69) is 10.6 Å². The minimum atomic E-state index is -4.52. The Morgan fingerprint density at radius 1 is 0.889 bits per heavy atom. The molecule has 0 saturated heterocycles. The summed E-state index contributed by atoms with van der Waals surface area (Å²) in [6.07, 6.45) is -2.24. The number of primary amides is 1. The van der Waals surface area contributed by atoms with Crippen LogP contribution in [0, 0.1) is 0 Å². The van der Waals surface area contributed by atoms with Gasteiger partial charge in [0.15, 0.2) is 0 Å². The molecule has 0 bridgehead atoms. The van der Waals surface area contributed by atoms with Crippen molar-refractivity contribution in [3.8, 4) is 11.1 Å². The van der Waals surface area contributed by atoms with Crippen molar-refractivity contribution in [3.63, 3.8) is 0 Å². The molecule has 0 aromatic heterocycles. The largest absolute Gasteiger partial charge is 0.405 e. The summed E-state index contributed by atoms with van der Waals surface area (Å²) in [4.78, 5) is 36.3. The third-order valence-electron chi connectivity index (χ3n) is 6.47. The number of carbonyl (C=O) groups is 3. The van der Waals surface area contributed by atoms with Gasteiger partial charge in [0.2, 0.25) is 17.7 Å². The highest BCUT2D eigenvalue weighted by molar-refractivity contribution is 6.00. The van der Waals surface area contributed by atoms with E-state index in [-0.39, 0.29) is 18.7 Å². The Labute approximate surface area is 207 Å². The third kappa shape index (κ3) is 6.23. The van der Waals surface area contributed by atoms with E-state index in [0.717, 1.165) is 11.1 Å². The first-order valence-electron chi connectivity index (χ1n) is 11.9. The summed E-state index contributed by atoms with van der Waals surface area (Å²) in [6, 6.07) is 13.8. The van der Waals surface area contributed by atoms with Crippen molar-refractivity contribution in [3.05, 3.63) is 59.7 Å². The summed E-state index contributed by atoms with van der Waals surface area (Å²) in [5.41, 5.74) is 12.6. The smallest absolute Gasteiger partial charge is 0.370 e. The highest BCUT2D eigenvalue weighted by Crippen LogP contribution is 2.51. The highest BCUT2D eigenvalue weighted by Gasteiger charge is 2.49. The minimum absolute atomic E-state index is 0.0238. The Kier molecular flexibility index (Phi) is 8.73. The number of benzene rings is 2. The fourth-order valence-corrected chi connectivity index (χ4v) is 4.75. The maximum atomic E-state index is 13.4. The van der Waals surface area contributed by atoms with Crippen LogP contribution < -0.4 is 22.1 Å². The fourth-order valence-electron chi connectivity index (χ4n) is 4.75. The van der Waals surface area contributed by atoms with Gasteiger partial charge in [0.05, 0.1) is 6.04 Å². The van der Waals surface area contributed by atoms with Crippen LogP contribution in [0.5, 0.6) is 0 Å². The van der Waals surface area contributed by atoms with Crippen LogP contribution in [0.25, 0.3) is 11.1 Å². The van der Waals surface area contributed by atoms with Crippen LogP contribution in [-0.2, 0) is 19.8 Å². The molecule has 1 aliphatic carbocycles. The first-order valence-corrected chi connectivity index (χ1v) is 11.9. The highest BCUT2D eigenvalue weighted by atomic mass is 19.4. The van der Waals surface area contributed by atoms with E-state index in [0.29, 0.717) is 43.4 Å². The third-order valence-corrected chi connectivity index (χ3v) is 6.47. The lowest BCUT2D eigenvalue weighted by Gasteiger charge is -2.31. The number of fused-ring (bicyclic) bond motifs is 3. The van der Waals surface area contributed by atoms with Crippen LogP contribution in [0.15, 0.2) is 48.5 Å². The molecule has 0 heterocycles. The molecule has 3 rings (SSSR count). The van der Waals surface area contributed by atoms with Gasteiger partial charge in [0.25, 0.3) is 0 Å². The van der Waals surface area contributed by atoms with Gasteiger partial charge in [-0.05, 0) is 41.5 Å². The fraction of sp³-hybridized carbons (Fsp3) is 0.423. The molecule has 0 radical (unpaired) electrons. The summed E-state index contributed by atoms with van der Waals surface area (Å²) in [5, 5.41) is 4.83. The number of amides is 3. The molecule has 0 aliphatic heterocycles. The molecule has 7 nitrogen and oxygen atoms in total. The zero-order chi connectivity index (χ0) is 26.3. The van der Waals surface area contributed by atoms with Crippen LogP contribution in [0.1, 0.15) is 49.7 Å². The van der Waals surface area contributed by atoms with Crippen molar-refractivity contribution in [1.29, 1.82) is 0 Å². The Balaban J connectivity index is 1.69. The lowest BCUT2D eigenvalue weighted by molar-refractivity contribution is -0.141. The van der Waals surface area contributed by atoms with Crippen molar-refractivity contribution in [2.75, 3.05) is 13.1 Å². The van der Waals surface area contributed by atoms with Gasteiger partial charge < -0.3 is 22.1 Å². The van der Waals surface area contributed by atoms with Gasteiger partial charge in [-0.2, -0.15) is 13.2 Å². The van der Waals surface area contributed by atoms with Crippen LogP contribution in [0.4, 0.5) is 13.2 Å². The van der Waals surface area contributed by atoms with E-state index in [9.17, 15) is 27.6 Å². The van der Waals surface area contributed by atoms with Crippen molar-refractivity contribution in [2.45, 2.75) is 56.2 Å². The second-order valence-corrected chi connectivity index (χ2v) is 9.01. The SMILES string of the molecule is NC(=O)CC[C@@H](N)C(=O)NCCCCCC1(C(=O)NCC(F)(F)F)c2ccccc2-c2ccccc21. The standard InChI is InChI=1S/C26H31F3N4O3/c27-26(28,29)16-33-24(36)25(14-6-1-7-15-32-23(35)21(30)12-13-22(31)34)19-10-4-2-8-17(19)18-9-3-5-11-20(18)25/h2-5,8-11,21H,1,6-7,12-16,30H2,(H2,31,34)(H,32,35)(H,33,36)/t21-/m1/s1. The molecule has 0 fully saturated rings. The number of alkyl halides is 3. The van der Waals surface area contributed by atoms with Gasteiger partial charge in [0.1, 0.15) is 12.0 Å². The first-order chi connectivity index (χ1) is 17.1. The quantitative estimate of drug-likeness (QED) is 0.332. The Hall–Kier alpha value is -3.40. The summed E-state index contributed by atoms with van der Waals surface area (Å²) in [6.45, 7) is -1.05. The number of carbonyl (C=O) groups excluding carboxylic acids is 3. The molecule has 2 aromatic rings. The zero-order valence-corrected chi connectivity index (χ0v) is 19.9. The molecular formula is C26H31F3N4O3. The molecule has 3 amide bonds. The predicted octanol–water partition coefficient (Wildman–Crippen LogP) is 2.90. The van der Waals surface area contributed by atoms with E-state index >= 15 is 0 Å². The van der Waals surface area contributed by atoms with E-state index in [1.807, 2.05) is 24.3 Å². The normalized spacial score (nSPS) is 14.4. The molecule has 0 unspecified atom stereocenters. The van der Waals surface area contributed by atoms with E-state index in [1.54, 1.807) is 24.3 Å². The van der Waals surface area contributed by atoms with Crippen LogP contribution in [0.2, 0.25) is 0 Å². The first kappa shape index (κ1) is 27.2. The van der Waals surface area contributed by atoms with Crippen LogP contribution in [-0.4, -0.2) is 43.0 Å². The molecule has 2 aromatic carbocycles. The van der Waals surface area contributed by atoms with Crippen molar-refractivity contribution < 1.29 is 27.6 Å². The number of nitrogens with two attached hydrogens (primary N) is 2. The number of halogens is 3. The van der Waals surface area contributed by atoms with Gasteiger partial charge in [-0.15, -0.1) is 0 Å². The second kappa shape index (κ2) is 11.6.